The molecule has 2 atom stereocenters. The molecule has 2 aromatic rings. The number of hydrogen-bond donors (Lipinski definition) is 1. The number of aryl methyl sites for hydroxylation is 1. The number of rotatable bonds is 5. The summed E-state index contributed by atoms with van der Waals surface area (Å²) < 4.78 is 5.56. The molecule has 1 fully saturated rings. The fourth-order valence-electron chi connectivity index (χ4n) is 3.67. The van der Waals surface area contributed by atoms with Crippen molar-refractivity contribution in [2.75, 3.05) is 13.7 Å². The Morgan fingerprint density at radius 1 is 1.32 bits per heavy atom. The Morgan fingerprint density at radius 2 is 2.12 bits per heavy atom. The van der Waals surface area contributed by atoms with Gasteiger partial charge in [-0.3, -0.25) is 9.69 Å². The summed E-state index contributed by atoms with van der Waals surface area (Å²) >= 11 is 6.25. The van der Waals surface area contributed by atoms with Gasteiger partial charge in [0.15, 0.2) is 0 Å². The van der Waals surface area contributed by atoms with Gasteiger partial charge in [0, 0.05) is 17.1 Å². The fraction of sp³-hybridized carbons (Fsp3) is 0.350. The highest BCUT2D eigenvalue weighted by molar-refractivity contribution is 6.30. The topological polar surface area (TPSA) is 49.8 Å². The third-order valence-corrected chi connectivity index (χ3v) is 4.99. The Kier molecular flexibility index (Phi) is 5.30. The molecule has 25 heavy (non-hydrogen) atoms. The van der Waals surface area contributed by atoms with Gasteiger partial charge in [-0.15, -0.1) is 0 Å². The van der Waals surface area contributed by atoms with Gasteiger partial charge >= 0.3 is 5.97 Å². The first-order chi connectivity index (χ1) is 12.0. The van der Waals surface area contributed by atoms with Gasteiger partial charge in [0.1, 0.15) is 11.8 Å². The lowest BCUT2D eigenvalue weighted by atomic mass is 9.94. The number of hydrogen-bond acceptors (Lipinski definition) is 3. The maximum absolute atomic E-state index is 11.8. The van der Waals surface area contributed by atoms with Gasteiger partial charge < -0.3 is 9.84 Å². The molecule has 1 heterocycles. The molecule has 0 aromatic heterocycles. The van der Waals surface area contributed by atoms with Gasteiger partial charge in [-0.2, -0.15) is 0 Å². The molecule has 2 aromatic carbocycles. The van der Waals surface area contributed by atoms with Crippen LogP contribution in [0, 0.1) is 6.92 Å². The highest BCUT2D eigenvalue weighted by Gasteiger charge is 2.38. The smallest absolute Gasteiger partial charge is 0.320 e. The molecule has 3 rings (SSSR count). The zero-order valence-electron chi connectivity index (χ0n) is 14.4. The number of carbonyl (C=O) groups is 1. The van der Waals surface area contributed by atoms with E-state index in [0.29, 0.717) is 17.2 Å². The maximum Gasteiger partial charge on any atom is 0.320 e. The van der Waals surface area contributed by atoms with E-state index in [4.69, 9.17) is 16.3 Å². The number of aliphatic carboxylic acids is 1. The van der Waals surface area contributed by atoms with E-state index >= 15 is 0 Å². The average molecular weight is 360 g/mol. The minimum atomic E-state index is -0.781. The Hall–Kier alpha value is -2.04. The monoisotopic (exact) mass is 359 g/mol. The molecule has 1 aliphatic rings. The molecule has 1 saturated heterocycles. The molecule has 0 bridgehead atoms. The molecule has 1 N–H and O–H groups in total. The van der Waals surface area contributed by atoms with Crippen LogP contribution in [0.25, 0.3) is 0 Å². The van der Waals surface area contributed by atoms with Crippen LogP contribution in [-0.2, 0) is 4.79 Å². The first-order valence-corrected chi connectivity index (χ1v) is 8.77. The minimum absolute atomic E-state index is 0.211. The second-order valence-corrected chi connectivity index (χ2v) is 6.87. The van der Waals surface area contributed by atoms with Crippen LogP contribution < -0.4 is 4.74 Å². The van der Waals surface area contributed by atoms with Crippen LogP contribution in [0.1, 0.15) is 35.6 Å². The predicted octanol–water partition coefficient (Wildman–Crippen LogP) is 4.30. The molecular weight excluding hydrogens is 338 g/mol. The van der Waals surface area contributed by atoms with Gasteiger partial charge in [-0.1, -0.05) is 41.4 Å². The van der Waals surface area contributed by atoms with Gasteiger partial charge in [-0.05, 0) is 43.5 Å². The van der Waals surface area contributed by atoms with Crippen LogP contribution in [0.4, 0.5) is 0 Å². The van der Waals surface area contributed by atoms with E-state index in [9.17, 15) is 9.90 Å². The van der Waals surface area contributed by atoms with Crippen molar-refractivity contribution in [1.82, 2.24) is 4.90 Å². The molecule has 0 saturated carbocycles. The van der Waals surface area contributed by atoms with Crippen molar-refractivity contribution >= 4 is 17.6 Å². The van der Waals surface area contributed by atoms with Crippen molar-refractivity contribution in [1.29, 1.82) is 0 Å². The van der Waals surface area contributed by atoms with Crippen LogP contribution in [0.3, 0.4) is 0 Å². The number of nitrogens with zero attached hydrogens (tertiary/aromatic N) is 1. The molecule has 0 amide bonds. The summed E-state index contributed by atoms with van der Waals surface area (Å²) in [6, 6.07) is 13.0. The van der Waals surface area contributed by atoms with Gasteiger partial charge in [-0.25, -0.2) is 0 Å². The van der Waals surface area contributed by atoms with Crippen LogP contribution in [-0.4, -0.2) is 35.7 Å². The van der Waals surface area contributed by atoms with E-state index in [-0.39, 0.29) is 6.04 Å². The van der Waals surface area contributed by atoms with Gasteiger partial charge in [0.05, 0.1) is 13.2 Å². The molecule has 1 aliphatic heterocycles. The standard InChI is InChI=1S/C20H22ClNO3/c1-13-5-3-6-14(11-13)19(22-10-4-7-17(22)20(23)24)16-12-15(21)8-9-18(16)25-2/h3,5-6,8-9,11-12,17,19H,4,7,10H2,1-2H3,(H,23,24). The normalized spacial score (nSPS) is 18.9. The number of methoxy groups -OCH3 is 1. The van der Waals surface area contributed by atoms with E-state index in [0.717, 1.165) is 29.7 Å². The van der Waals surface area contributed by atoms with Gasteiger partial charge in [0.25, 0.3) is 0 Å². The lowest BCUT2D eigenvalue weighted by Gasteiger charge is -2.33. The second-order valence-electron chi connectivity index (χ2n) is 6.44. The zero-order chi connectivity index (χ0) is 18.0. The Balaban J connectivity index is 2.16. The molecule has 2 unspecified atom stereocenters. The lowest BCUT2D eigenvalue weighted by molar-refractivity contribution is -0.142. The van der Waals surface area contributed by atoms with Crippen molar-refractivity contribution in [3.63, 3.8) is 0 Å². The highest BCUT2D eigenvalue weighted by Crippen LogP contribution is 2.40. The van der Waals surface area contributed by atoms with Crippen LogP contribution in [0.5, 0.6) is 5.75 Å². The van der Waals surface area contributed by atoms with Crippen molar-refractivity contribution in [3.8, 4) is 5.75 Å². The molecule has 4 nitrogen and oxygen atoms in total. The number of halogens is 1. The minimum Gasteiger partial charge on any atom is -0.496 e. The summed E-state index contributed by atoms with van der Waals surface area (Å²) in [6.45, 7) is 2.76. The summed E-state index contributed by atoms with van der Waals surface area (Å²) in [6.07, 6.45) is 1.52. The first kappa shape index (κ1) is 17.8. The number of benzene rings is 2. The summed E-state index contributed by atoms with van der Waals surface area (Å²) in [5.41, 5.74) is 3.08. The van der Waals surface area contributed by atoms with Crippen LogP contribution in [0.2, 0.25) is 5.02 Å². The van der Waals surface area contributed by atoms with E-state index in [1.807, 2.05) is 42.2 Å². The number of carboxylic acid groups (broad SMARTS) is 1. The molecule has 132 valence electrons. The number of carboxylic acids is 1. The molecule has 0 aliphatic carbocycles. The molecular formula is C20H22ClNO3. The fourth-order valence-corrected chi connectivity index (χ4v) is 3.85. The van der Waals surface area contributed by atoms with Gasteiger partial charge in [0.2, 0.25) is 0 Å². The maximum atomic E-state index is 11.8. The van der Waals surface area contributed by atoms with Crippen molar-refractivity contribution in [3.05, 3.63) is 64.2 Å². The summed E-state index contributed by atoms with van der Waals surface area (Å²) in [5, 5.41) is 10.3. The van der Waals surface area contributed by atoms with Crippen molar-refractivity contribution < 1.29 is 14.6 Å². The molecule has 5 heteroatoms. The third-order valence-electron chi connectivity index (χ3n) is 4.76. The van der Waals surface area contributed by atoms with E-state index < -0.39 is 12.0 Å². The third kappa shape index (κ3) is 3.65. The molecule has 0 radical (unpaired) electrons. The van der Waals surface area contributed by atoms with Crippen molar-refractivity contribution in [2.24, 2.45) is 0 Å². The predicted molar refractivity (Wildman–Crippen MR) is 98.4 cm³/mol. The Morgan fingerprint density at radius 3 is 2.80 bits per heavy atom. The summed E-state index contributed by atoms with van der Waals surface area (Å²) in [7, 11) is 1.62. The largest absolute Gasteiger partial charge is 0.496 e. The van der Waals surface area contributed by atoms with E-state index in [2.05, 4.69) is 6.07 Å². The highest BCUT2D eigenvalue weighted by atomic mass is 35.5. The Labute approximate surface area is 153 Å². The Bertz CT molecular complexity index is 777. The average Bonchev–Trinajstić information content (AvgIpc) is 3.05. The second kappa shape index (κ2) is 7.46. The lowest BCUT2D eigenvalue weighted by Crippen LogP contribution is -2.39. The zero-order valence-corrected chi connectivity index (χ0v) is 15.2. The van der Waals surface area contributed by atoms with Crippen molar-refractivity contribution in [2.45, 2.75) is 31.8 Å². The van der Waals surface area contributed by atoms with Crippen LogP contribution >= 0.6 is 11.6 Å². The van der Waals surface area contributed by atoms with Crippen LogP contribution in [0.15, 0.2) is 42.5 Å². The number of likely N-dealkylation sites (tertiary alicyclic amines) is 1. The summed E-state index contributed by atoms with van der Waals surface area (Å²) in [4.78, 5) is 13.8. The molecule has 0 spiro atoms. The summed E-state index contributed by atoms with van der Waals surface area (Å²) in [5.74, 6) is -0.0666. The number of ether oxygens (including phenoxy) is 1. The SMILES string of the molecule is COc1ccc(Cl)cc1C(c1cccc(C)c1)N1CCCC1C(=O)O. The van der Waals surface area contributed by atoms with E-state index in [1.165, 1.54) is 0 Å². The quantitative estimate of drug-likeness (QED) is 0.864. The van der Waals surface area contributed by atoms with E-state index in [1.54, 1.807) is 13.2 Å². The first-order valence-electron chi connectivity index (χ1n) is 8.40.